The molecule has 2 rings (SSSR count). The van der Waals surface area contributed by atoms with Gasteiger partial charge in [-0.15, -0.1) is 0 Å². The molecular weight excluding hydrogens is 264 g/mol. The van der Waals surface area contributed by atoms with Gasteiger partial charge in [0.2, 0.25) is 0 Å². The van der Waals surface area contributed by atoms with Crippen LogP contribution in [0.4, 0.5) is 0 Å². The van der Waals surface area contributed by atoms with Gasteiger partial charge in [-0.05, 0) is 45.6 Å². The van der Waals surface area contributed by atoms with Crippen LogP contribution in [0.1, 0.15) is 46.0 Å². The van der Waals surface area contributed by atoms with Gasteiger partial charge >= 0.3 is 0 Å². The minimum Gasteiger partial charge on any atom is -0.381 e. The Hall–Kier alpha value is -0.160. The SMILES string of the molecule is CCCNCC1(CN2CCC(OCC)CC2)CCCOC1. The molecule has 124 valence electrons. The van der Waals surface area contributed by atoms with Crippen molar-refractivity contribution >= 4 is 0 Å². The maximum absolute atomic E-state index is 5.83. The lowest BCUT2D eigenvalue weighted by molar-refractivity contribution is -0.0420. The van der Waals surface area contributed by atoms with Crippen LogP contribution in [0.15, 0.2) is 0 Å². The van der Waals surface area contributed by atoms with Gasteiger partial charge in [0.15, 0.2) is 0 Å². The third kappa shape index (κ3) is 5.51. The van der Waals surface area contributed by atoms with E-state index >= 15 is 0 Å². The minimum absolute atomic E-state index is 0.325. The zero-order chi connectivity index (χ0) is 15.0. The van der Waals surface area contributed by atoms with Crippen molar-refractivity contribution in [3.8, 4) is 0 Å². The van der Waals surface area contributed by atoms with Crippen LogP contribution in [0.3, 0.4) is 0 Å². The Balaban J connectivity index is 1.81. The Morgan fingerprint density at radius 3 is 2.71 bits per heavy atom. The molecule has 21 heavy (non-hydrogen) atoms. The van der Waals surface area contributed by atoms with Crippen LogP contribution in [-0.4, -0.2) is 63.5 Å². The van der Waals surface area contributed by atoms with Crippen molar-refractivity contribution in [3.63, 3.8) is 0 Å². The van der Waals surface area contributed by atoms with Gasteiger partial charge < -0.3 is 19.7 Å². The molecule has 0 aromatic carbocycles. The minimum atomic E-state index is 0.325. The maximum atomic E-state index is 5.83. The largest absolute Gasteiger partial charge is 0.381 e. The molecule has 1 atom stereocenters. The Kier molecular flexibility index (Phi) is 7.44. The molecule has 0 aromatic rings. The van der Waals surface area contributed by atoms with E-state index in [4.69, 9.17) is 9.47 Å². The normalized spacial score (nSPS) is 28.9. The van der Waals surface area contributed by atoms with Gasteiger partial charge in [0, 0.05) is 44.8 Å². The van der Waals surface area contributed by atoms with Gasteiger partial charge in [-0.2, -0.15) is 0 Å². The summed E-state index contributed by atoms with van der Waals surface area (Å²) >= 11 is 0. The molecule has 0 spiro atoms. The van der Waals surface area contributed by atoms with E-state index < -0.39 is 0 Å². The highest BCUT2D eigenvalue weighted by Crippen LogP contribution is 2.30. The number of hydrogen-bond donors (Lipinski definition) is 1. The molecule has 4 nitrogen and oxygen atoms in total. The van der Waals surface area contributed by atoms with Crippen LogP contribution in [0.25, 0.3) is 0 Å². The molecule has 0 amide bonds. The van der Waals surface area contributed by atoms with Crippen molar-refractivity contribution in [2.75, 3.05) is 52.5 Å². The summed E-state index contributed by atoms with van der Waals surface area (Å²) < 4.78 is 11.6. The number of nitrogens with one attached hydrogen (secondary N) is 1. The van der Waals surface area contributed by atoms with Gasteiger partial charge in [-0.25, -0.2) is 0 Å². The molecule has 2 heterocycles. The molecule has 4 heteroatoms. The lowest BCUT2D eigenvalue weighted by Crippen LogP contribution is -2.51. The molecule has 2 aliphatic rings. The number of piperidine rings is 1. The molecular formula is C17H34N2O2. The van der Waals surface area contributed by atoms with Crippen molar-refractivity contribution in [2.45, 2.75) is 52.1 Å². The van der Waals surface area contributed by atoms with E-state index in [9.17, 15) is 0 Å². The van der Waals surface area contributed by atoms with E-state index in [2.05, 4.69) is 24.1 Å². The molecule has 0 aromatic heterocycles. The van der Waals surface area contributed by atoms with Crippen LogP contribution in [0.2, 0.25) is 0 Å². The summed E-state index contributed by atoms with van der Waals surface area (Å²) in [7, 11) is 0. The number of rotatable bonds is 8. The van der Waals surface area contributed by atoms with Gasteiger partial charge in [-0.1, -0.05) is 6.92 Å². The van der Waals surface area contributed by atoms with Crippen LogP contribution >= 0.6 is 0 Å². The fourth-order valence-corrected chi connectivity index (χ4v) is 3.70. The number of ether oxygens (including phenoxy) is 2. The molecule has 2 fully saturated rings. The Labute approximate surface area is 130 Å². The first-order chi connectivity index (χ1) is 10.3. The summed E-state index contributed by atoms with van der Waals surface area (Å²) in [5, 5.41) is 3.63. The Bertz CT molecular complexity index is 272. The molecule has 0 saturated carbocycles. The summed E-state index contributed by atoms with van der Waals surface area (Å²) in [5.74, 6) is 0. The molecule has 1 unspecified atom stereocenters. The predicted molar refractivity (Wildman–Crippen MR) is 86.7 cm³/mol. The van der Waals surface area contributed by atoms with Crippen molar-refractivity contribution in [2.24, 2.45) is 5.41 Å². The predicted octanol–water partition coefficient (Wildman–Crippen LogP) is 2.28. The highest BCUT2D eigenvalue weighted by molar-refractivity contribution is 4.88. The molecule has 2 aliphatic heterocycles. The summed E-state index contributed by atoms with van der Waals surface area (Å²) in [6.07, 6.45) is 6.58. The molecule has 1 N–H and O–H groups in total. The molecule has 0 radical (unpaired) electrons. The smallest absolute Gasteiger partial charge is 0.0599 e. The van der Waals surface area contributed by atoms with E-state index in [1.165, 1.54) is 51.7 Å². The summed E-state index contributed by atoms with van der Waals surface area (Å²) in [5.41, 5.74) is 0.325. The Morgan fingerprint density at radius 1 is 1.29 bits per heavy atom. The Morgan fingerprint density at radius 2 is 2.10 bits per heavy atom. The fraction of sp³-hybridized carbons (Fsp3) is 1.00. The average Bonchev–Trinajstić information content (AvgIpc) is 2.51. The zero-order valence-corrected chi connectivity index (χ0v) is 14.0. The van der Waals surface area contributed by atoms with Crippen LogP contribution < -0.4 is 5.32 Å². The van der Waals surface area contributed by atoms with Crippen molar-refractivity contribution in [1.82, 2.24) is 10.2 Å². The monoisotopic (exact) mass is 298 g/mol. The number of hydrogen-bond acceptors (Lipinski definition) is 4. The lowest BCUT2D eigenvalue weighted by Gasteiger charge is -2.43. The fourth-order valence-electron chi connectivity index (χ4n) is 3.70. The topological polar surface area (TPSA) is 33.7 Å². The van der Waals surface area contributed by atoms with Crippen molar-refractivity contribution in [3.05, 3.63) is 0 Å². The van der Waals surface area contributed by atoms with Gasteiger partial charge in [0.05, 0.1) is 12.7 Å². The quantitative estimate of drug-likeness (QED) is 0.697. The lowest BCUT2D eigenvalue weighted by atomic mass is 9.81. The number of likely N-dealkylation sites (tertiary alicyclic amines) is 1. The summed E-state index contributed by atoms with van der Waals surface area (Å²) in [4.78, 5) is 2.64. The number of nitrogens with zero attached hydrogens (tertiary/aromatic N) is 1. The highest BCUT2D eigenvalue weighted by Gasteiger charge is 2.35. The standard InChI is InChI=1S/C17H34N2O2/c1-3-9-18-13-17(8-5-12-20-15-17)14-19-10-6-16(7-11-19)21-4-2/h16,18H,3-15H2,1-2H3. The maximum Gasteiger partial charge on any atom is 0.0599 e. The average molecular weight is 298 g/mol. The third-order valence-electron chi connectivity index (χ3n) is 4.83. The summed E-state index contributed by atoms with van der Waals surface area (Å²) in [6.45, 7) is 12.8. The second-order valence-electron chi connectivity index (χ2n) is 6.76. The van der Waals surface area contributed by atoms with Gasteiger partial charge in [0.1, 0.15) is 0 Å². The van der Waals surface area contributed by atoms with Crippen LogP contribution in [0, 0.1) is 5.41 Å². The van der Waals surface area contributed by atoms with Crippen LogP contribution in [-0.2, 0) is 9.47 Å². The molecule has 0 aliphatic carbocycles. The first-order valence-electron chi connectivity index (χ1n) is 8.90. The third-order valence-corrected chi connectivity index (χ3v) is 4.83. The second-order valence-corrected chi connectivity index (χ2v) is 6.76. The zero-order valence-electron chi connectivity index (χ0n) is 14.0. The van der Waals surface area contributed by atoms with E-state index in [1.54, 1.807) is 0 Å². The van der Waals surface area contributed by atoms with E-state index in [1.807, 2.05) is 0 Å². The van der Waals surface area contributed by atoms with E-state index in [-0.39, 0.29) is 0 Å². The van der Waals surface area contributed by atoms with E-state index in [0.717, 1.165) is 32.9 Å². The first kappa shape index (κ1) is 17.2. The molecule has 2 saturated heterocycles. The second kappa shape index (κ2) is 9.09. The van der Waals surface area contributed by atoms with Crippen LogP contribution in [0.5, 0.6) is 0 Å². The molecule has 0 bridgehead atoms. The van der Waals surface area contributed by atoms with E-state index in [0.29, 0.717) is 11.5 Å². The highest BCUT2D eigenvalue weighted by atomic mass is 16.5. The first-order valence-corrected chi connectivity index (χ1v) is 8.90. The van der Waals surface area contributed by atoms with Crippen molar-refractivity contribution < 1.29 is 9.47 Å². The van der Waals surface area contributed by atoms with Crippen molar-refractivity contribution in [1.29, 1.82) is 0 Å². The van der Waals surface area contributed by atoms with Gasteiger partial charge in [0.25, 0.3) is 0 Å². The summed E-state index contributed by atoms with van der Waals surface area (Å²) in [6, 6.07) is 0. The van der Waals surface area contributed by atoms with Gasteiger partial charge in [-0.3, -0.25) is 0 Å².